The van der Waals surface area contributed by atoms with Crippen molar-refractivity contribution in [2.24, 2.45) is 7.05 Å². The molecule has 3 N–H and O–H groups in total. The molecule has 9 heteroatoms. The molecule has 1 amide bonds. The zero-order valence-corrected chi connectivity index (χ0v) is 20.6. The average molecular weight is 491 g/mol. The molecule has 37 heavy (non-hydrogen) atoms. The fraction of sp³-hybridized carbons (Fsp3) is 0.214. The van der Waals surface area contributed by atoms with Gasteiger partial charge in [-0.1, -0.05) is 18.2 Å². The highest BCUT2D eigenvalue weighted by Crippen LogP contribution is 2.42. The fourth-order valence-electron chi connectivity index (χ4n) is 4.62. The van der Waals surface area contributed by atoms with Gasteiger partial charge in [0.2, 0.25) is 0 Å². The molecule has 1 aliphatic rings. The van der Waals surface area contributed by atoms with E-state index < -0.39 is 5.91 Å². The van der Waals surface area contributed by atoms with Crippen molar-refractivity contribution >= 4 is 22.6 Å². The highest BCUT2D eigenvalue weighted by molar-refractivity contribution is 5.98. The summed E-state index contributed by atoms with van der Waals surface area (Å²) in [5, 5.41) is 8.49. The van der Waals surface area contributed by atoms with Crippen LogP contribution < -0.4 is 11.1 Å². The second kappa shape index (κ2) is 9.09. The number of hydrogen-bond donors (Lipinski definition) is 2. The molecule has 1 unspecified atom stereocenters. The Hall–Kier alpha value is -4.66. The molecule has 1 atom stereocenters. The number of nitrogen functional groups attached to an aromatic ring is 1. The smallest absolute Gasteiger partial charge is 0.274 e. The first-order valence-electron chi connectivity index (χ1n) is 12.3. The zero-order valence-electron chi connectivity index (χ0n) is 20.6. The number of hydrogen-bond acceptors (Lipinski definition) is 7. The first-order chi connectivity index (χ1) is 18.0. The molecule has 1 aliphatic carbocycles. The number of pyridine rings is 2. The van der Waals surface area contributed by atoms with Gasteiger partial charge in [0, 0.05) is 36.6 Å². The maximum absolute atomic E-state index is 13.4. The Bertz CT molecular complexity index is 1640. The summed E-state index contributed by atoms with van der Waals surface area (Å²) in [5.41, 5.74) is 11.7. The van der Waals surface area contributed by atoms with Crippen molar-refractivity contribution in [1.82, 2.24) is 35.0 Å². The number of aromatic nitrogens is 6. The second-order valence-electron chi connectivity index (χ2n) is 9.39. The van der Waals surface area contributed by atoms with Crippen LogP contribution in [0.5, 0.6) is 0 Å². The van der Waals surface area contributed by atoms with Crippen LogP contribution in [0.2, 0.25) is 0 Å². The number of carbonyl (C=O) groups excluding carboxylic acids is 1. The molecule has 184 valence electrons. The highest BCUT2D eigenvalue weighted by atomic mass is 16.2. The van der Waals surface area contributed by atoms with Crippen LogP contribution in [0.1, 0.15) is 53.5 Å². The maximum Gasteiger partial charge on any atom is 0.274 e. The first-order valence-corrected chi connectivity index (χ1v) is 12.3. The van der Waals surface area contributed by atoms with Gasteiger partial charge in [0.1, 0.15) is 11.4 Å². The van der Waals surface area contributed by atoms with Crippen LogP contribution in [-0.4, -0.2) is 35.6 Å². The molecule has 0 bridgehead atoms. The third kappa shape index (κ3) is 4.40. The van der Waals surface area contributed by atoms with Crippen molar-refractivity contribution in [2.75, 3.05) is 5.73 Å². The monoisotopic (exact) mass is 490 g/mol. The molecule has 5 aromatic rings. The molecular weight excluding hydrogens is 464 g/mol. The van der Waals surface area contributed by atoms with Gasteiger partial charge in [-0.05, 0) is 61.6 Å². The number of fused-ring (bicyclic) bond motifs is 1. The Morgan fingerprint density at radius 2 is 1.86 bits per heavy atom. The minimum absolute atomic E-state index is 0.0417. The topological polar surface area (TPSA) is 124 Å². The van der Waals surface area contributed by atoms with Gasteiger partial charge in [0.15, 0.2) is 11.5 Å². The molecule has 4 heterocycles. The summed E-state index contributed by atoms with van der Waals surface area (Å²) in [6, 6.07) is 15.3. The van der Waals surface area contributed by atoms with Crippen molar-refractivity contribution in [3.05, 3.63) is 84.1 Å². The van der Waals surface area contributed by atoms with E-state index in [1.807, 2.05) is 62.6 Å². The van der Waals surface area contributed by atoms with Gasteiger partial charge in [-0.2, -0.15) is 5.10 Å². The molecule has 0 aliphatic heterocycles. The van der Waals surface area contributed by atoms with Crippen LogP contribution in [0.15, 0.2) is 67.1 Å². The Morgan fingerprint density at radius 1 is 1.05 bits per heavy atom. The molecule has 0 radical (unpaired) electrons. The van der Waals surface area contributed by atoms with Crippen LogP contribution in [0.25, 0.3) is 33.5 Å². The summed E-state index contributed by atoms with van der Waals surface area (Å²) in [4.78, 5) is 31.8. The van der Waals surface area contributed by atoms with Gasteiger partial charge in [0.05, 0.1) is 22.9 Å². The lowest BCUT2D eigenvalue weighted by atomic mass is 10.0. The Morgan fingerprint density at radius 3 is 2.65 bits per heavy atom. The summed E-state index contributed by atoms with van der Waals surface area (Å²) in [6.45, 7) is 1.93. The number of nitrogens with one attached hydrogen (secondary N) is 1. The number of rotatable bonds is 6. The van der Waals surface area contributed by atoms with Crippen molar-refractivity contribution in [3.63, 3.8) is 0 Å². The van der Waals surface area contributed by atoms with Crippen LogP contribution in [-0.2, 0) is 7.05 Å². The van der Waals surface area contributed by atoms with Crippen LogP contribution in [0.4, 0.5) is 5.82 Å². The van der Waals surface area contributed by atoms with E-state index in [4.69, 9.17) is 10.7 Å². The summed E-state index contributed by atoms with van der Waals surface area (Å²) in [6.07, 6.45) is 7.64. The van der Waals surface area contributed by atoms with Crippen molar-refractivity contribution in [3.8, 4) is 22.6 Å². The summed E-state index contributed by atoms with van der Waals surface area (Å²) in [5.74, 6) is 0.153. The van der Waals surface area contributed by atoms with Gasteiger partial charge in [-0.25, -0.2) is 9.97 Å². The van der Waals surface area contributed by atoms with Gasteiger partial charge in [0.25, 0.3) is 5.91 Å². The summed E-state index contributed by atoms with van der Waals surface area (Å²) in [7, 11) is 1.83. The Balaban J connectivity index is 1.41. The molecule has 1 aromatic carbocycles. The summed E-state index contributed by atoms with van der Waals surface area (Å²) < 4.78 is 1.69. The Kier molecular flexibility index (Phi) is 5.60. The lowest BCUT2D eigenvalue weighted by molar-refractivity contribution is 0.0934. The molecule has 0 saturated heterocycles. The maximum atomic E-state index is 13.4. The van der Waals surface area contributed by atoms with Crippen molar-refractivity contribution in [1.29, 1.82) is 0 Å². The van der Waals surface area contributed by atoms with E-state index >= 15 is 0 Å². The van der Waals surface area contributed by atoms with E-state index in [1.165, 1.54) is 5.56 Å². The van der Waals surface area contributed by atoms with Crippen LogP contribution >= 0.6 is 0 Å². The first kappa shape index (κ1) is 22.8. The predicted molar refractivity (Wildman–Crippen MR) is 141 cm³/mol. The normalized spacial score (nSPS) is 14.0. The van der Waals surface area contributed by atoms with E-state index in [1.54, 1.807) is 17.1 Å². The minimum Gasteiger partial charge on any atom is -0.382 e. The number of nitrogens with two attached hydrogens (primary N) is 1. The second-order valence-corrected chi connectivity index (χ2v) is 9.39. The molecular formula is C28H26N8O. The standard InChI is InChI=1S/C28H26N8O/c1-16(23-20(17-7-8-17)6-4-13-31-23)32-28(37)26-27(29)34-25(22-11-14-36(2)35-22)24(33-26)19-9-10-21-18(15-19)5-3-12-30-21/h3-6,9-17H,7-8H2,1-2H3,(H2,29,34)(H,32,37). The number of anilines is 1. The number of benzene rings is 1. The van der Waals surface area contributed by atoms with E-state index in [2.05, 4.69) is 31.4 Å². The average Bonchev–Trinajstić information content (AvgIpc) is 3.68. The molecule has 4 aromatic heterocycles. The third-order valence-corrected chi connectivity index (χ3v) is 6.62. The van der Waals surface area contributed by atoms with Gasteiger partial charge in [-0.3, -0.25) is 19.4 Å². The van der Waals surface area contributed by atoms with Gasteiger partial charge in [-0.15, -0.1) is 0 Å². The van der Waals surface area contributed by atoms with E-state index in [0.29, 0.717) is 23.0 Å². The largest absolute Gasteiger partial charge is 0.382 e. The van der Waals surface area contributed by atoms with Crippen molar-refractivity contribution in [2.45, 2.75) is 31.7 Å². The molecule has 0 spiro atoms. The number of carbonyl (C=O) groups is 1. The predicted octanol–water partition coefficient (Wildman–Crippen LogP) is 4.44. The molecule has 9 nitrogen and oxygen atoms in total. The quantitative estimate of drug-likeness (QED) is 0.360. The fourth-order valence-corrected chi connectivity index (χ4v) is 4.62. The SMILES string of the molecule is CC(NC(=O)c1nc(-c2ccc3ncccc3c2)c(-c2ccn(C)n2)nc1N)c1ncccc1C1CC1. The molecule has 6 rings (SSSR count). The van der Waals surface area contributed by atoms with E-state index in [9.17, 15) is 4.79 Å². The lowest BCUT2D eigenvalue weighted by Crippen LogP contribution is -2.30. The van der Waals surface area contributed by atoms with Gasteiger partial charge < -0.3 is 11.1 Å². The minimum atomic E-state index is -0.402. The number of amides is 1. The van der Waals surface area contributed by atoms with Gasteiger partial charge >= 0.3 is 0 Å². The van der Waals surface area contributed by atoms with E-state index in [0.717, 1.165) is 35.0 Å². The van der Waals surface area contributed by atoms with E-state index in [-0.39, 0.29) is 17.6 Å². The van der Waals surface area contributed by atoms with Crippen molar-refractivity contribution < 1.29 is 4.79 Å². The molecule has 1 saturated carbocycles. The lowest BCUT2D eigenvalue weighted by Gasteiger charge is -2.18. The van der Waals surface area contributed by atoms with Crippen LogP contribution in [0, 0.1) is 0 Å². The Labute approximate surface area is 213 Å². The number of nitrogens with zero attached hydrogens (tertiary/aromatic N) is 6. The summed E-state index contributed by atoms with van der Waals surface area (Å²) >= 11 is 0. The molecule has 1 fully saturated rings. The third-order valence-electron chi connectivity index (χ3n) is 6.62. The highest BCUT2D eigenvalue weighted by Gasteiger charge is 2.29. The zero-order chi connectivity index (χ0) is 25.5. The number of aryl methyl sites for hydroxylation is 1. The van der Waals surface area contributed by atoms with Crippen LogP contribution in [0.3, 0.4) is 0 Å².